The first-order chi connectivity index (χ1) is 8.52. The molecule has 0 aliphatic rings. The summed E-state index contributed by atoms with van der Waals surface area (Å²) in [6.45, 7) is 3.89. The summed E-state index contributed by atoms with van der Waals surface area (Å²) in [6, 6.07) is 4.65. The molecule has 1 aromatic carbocycles. The number of amides is 1. The summed E-state index contributed by atoms with van der Waals surface area (Å²) in [7, 11) is 0. The fraction of sp³-hybridized carbons (Fsp3) is 0.273. The standard InChI is InChI=1S/C11H11N3O3S/c1-3-13-9-6-8(14(16)17)4-5-10(9)18-11(13)12-7(2)15/h4-6H,3H2,1-2H3. The Morgan fingerprint density at radius 2 is 2.28 bits per heavy atom. The van der Waals surface area contributed by atoms with E-state index in [0.717, 1.165) is 10.2 Å². The lowest BCUT2D eigenvalue weighted by Crippen LogP contribution is -2.14. The Hall–Kier alpha value is -2.02. The summed E-state index contributed by atoms with van der Waals surface area (Å²) in [4.78, 5) is 25.9. The van der Waals surface area contributed by atoms with Crippen LogP contribution in [-0.4, -0.2) is 15.4 Å². The Morgan fingerprint density at radius 3 is 2.83 bits per heavy atom. The maximum absolute atomic E-state index is 11.1. The Kier molecular flexibility index (Phi) is 3.24. The van der Waals surface area contributed by atoms with Crippen molar-refractivity contribution in [3.63, 3.8) is 0 Å². The van der Waals surface area contributed by atoms with Gasteiger partial charge in [0.25, 0.3) is 5.69 Å². The lowest BCUT2D eigenvalue weighted by atomic mass is 10.3. The van der Waals surface area contributed by atoms with E-state index in [0.29, 0.717) is 11.3 Å². The summed E-state index contributed by atoms with van der Waals surface area (Å²) in [5, 5.41) is 10.8. The molecule has 0 saturated heterocycles. The normalized spacial score (nSPS) is 12.0. The molecule has 6 nitrogen and oxygen atoms in total. The molecule has 7 heteroatoms. The predicted octanol–water partition coefficient (Wildman–Crippen LogP) is 2.08. The van der Waals surface area contributed by atoms with Gasteiger partial charge in [-0.1, -0.05) is 11.3 Å². The highest BCUT2D eigenvalue weighted by Gasteiger charge is 2.11. The van der Waals surface area contributed by atoms with Crippen molar-refractivity contribution in [1.29, 1.82) is 0 Å². The molecule has 94 valence electrons. The average molecular weight is 265 g/mol. The van der Waals surface area contributed by atoms with E-state index in [4.69, 9.17) is 0 Å². The molecule has 0 bridgehead atoms. The van der Waals surface area contributed by atoms with Gasteiger partial charge in [0.15, 0.2) is 4.80 Å². The minimum absolute atomic E-state index is 0.0388. The van der Waals surface area contributed by atoms with Gasteiger partial charge in [-0.2, -0.15) is 4.99 Å². The van der Waals surface area contributed by atoms with Gasteiger partial charge in [0, 0.05) is 25.6 Å². The van der Waals surface area contributed by atoms with Crippen molar-refractivity contribution >= 4 is 33.1 Å². The van der Waals surface area contributed by atoms with E-state index in [1.54, 1.807) is 10.6 Å². The van der Waals surface area contributed by atoms with Gasteiger partial charge in [-0.3, -0.25) is 14.9 Å². The SMILES string of the molecule is CCn1c(=NC(C)=O)sc2ccc([N+](=O)[O-])cc21. The molecular formula is C11H11N3O3S. The van der Waals surface area contributed by atoms with Crippen LogP contribution < -0.4 is 4.80 Å². The molecule has 18 heavy (non-hydrogen) atoms. The van der Waals surface area contributed by atoms with E-state index in [9.17, 15) is 14.9 Å². The number of carbonyl (C=O) groups excluding carboxylic acids is 1. The molecule has 0 spiro atoms. The van der Waals surface area contributed by atoms with Gasteiger partial charge in [-0.25, -0.2) is 0 Å². The molecule has 0 atom stereocenters. The molecule has 2 aromatic rings. The largest absolute Gasteiger partial charge is 0.316 e. The molecule has 0 fully saturated rings. The van der Waals surface area contributed by atoms with Crippen molar-refractivity contribution in [2.45, 2.75) is 20.4 Å². The van der Waals surface area contributed by atoms with Crippen molar-refractivity contribution < 1.29 is 9.72 Å². The number of nitro groups is 1. The minimum atomic E-state index is -0.432. The molecule has 0 aliphatic carbocycles. The molecule has 0 radical (unpaired) electrons. The van der Waals surface area contributed by atoms with E-state index < -0.39 is 4.92 Å². The summed E-state index contributed by atoms with van der Waals surface area (Å²) in [5.41, 5.74) is 0.772. The topological polar surface area (TPSA) is 77.5 Å². The van der Waals surface area contributed by atoms with Crippen molar-refractivity contribution in [3.05, 3.63) is 33.1 Å². The van der Waals surface area contributed by atoms with Gasteiger partial charge < -0.3 is 4.57 Å². The molecule has 1 aromatic heterocycles. The smallest absolute Gasteiger partial charge is 0.271 e. The molecule has 2 rings (SSSR count). The number of nitrogens with zero attached hydrogens (tertiary/aromatic N) is 3. The van der Waals surface area contributed by atoms with Crippen LogP contribution in [0.1, 0.15) is 13.8 Å². The number of nitro benzene ring substituents is 1. The van der Waals surface area contributed by atoms with Crippen LogP contribution in [0.3, 0.4) is 0 Å². The molecule has 0 unspecified atom stereocenters. The van der Waals surface area contributed by atoms with Gasteiger partial charge >= 0.3 is 0 Å². The van der Waals surface area contributed by atoms with Crippen molar-refractivity contribution in [1.82, 2.24) is 4.57 Å². The highest BCUT2D eigenvalue weighted by atomic mass is 32.1. The summed E-state index contributed by atoms with van der Waals surface area (Å²) in [5.74, 6) is -0.279. The van der Waals surface area contributed by atoms with Crippen LogP contribution in [0.5, 0.6) is 0 Å². The molecule has 0 aliphatic heterocycles. The minimum Gasteiger partial charge on any atom is -0.316 e. The number of rotatable bonds is 2. The van der Waals surface area contributed by atoms with Crippen LogP contribution >= 0.6 is 11.3 Å². The maximum Gasteiger partial charge on any atom is 0.271 e. The number of carbonyl (C=O) groups is 1. The number of aryl methyl sites for hydroxylation is 1. The van der Waals surface area contributed by atoms with Crippen LogP contribution in [0.25, 0.3) is 10.2 Å². The lowest BCUT2D eigenvalue weighted by Gasteiger charge is -1.99. The zero-order valence-corrected chi connectivity index (χ0v) is 10.7. The zero-order valence-electron chi connectivity index (χ0n) is 9.91. The van der Waals surface area contributed by atoms with Gasteiger partial charge in [-0.15, -0.1) is 0 Å². The number of aromatic nitrogens is 1. The molecule has 0 saturated carbocycles. The summed E-state index contributed by atoms with van der Waals surface area (Å²) < 4.78 is 2.68. The first-order valence-corrected chi connectivity index (χ1v) is 6.17. The Morgan fingerprint density at radius 1 is 1.56 bits per heavy atom. The molecule has 0 N–H and O–H groups in total. The third-order valence-corrected chi connectivity index (χ3v) is 3.50. The van der Waals surface area contributed by atoms with E-state index in [1.807, 2.05) is 6.92 Å². The Labute approximate surface area is 106 Å². The second-order valence-electron chi connectivity index (χ2n) is 3.67. The number of thiazole rings is 1. The maximum atomic E-state index is 11.1. The highest BCUT2D eigenvalue weighted by molar-refractivity contribution is 7.16. The summed E-state index contributed by atoms with van der Waals surface area (Å²) in [6.07, 6.45) is 0. The number of non-ortho nitro benzene ring substituents is 1. The van der Waals surface area contributed by atoms with Crippen molar-refractivity contribution in [2.24, 2.45) is 4.99 Å². The third-order valence-electron chi connectivity index (χ3n) is 2.45. The van der Waals surface area contributed by atoms with Crippen molar-refractivity contribution in [3.8, 4) is 0 Å². The number of hydrogen-bond acceptors (Lipinski definition) is 4. The van der Waals surface area contributed by atoms with Gasteiger partial charge in [0.05, 0.1) is 15.1 Å². The van der Waals surface area contributed by atoms with Crippen molar-refractivity contribution in [2.75, 3.05) is 0 Å². The van der Waals surface area contributed by atoms with E-state index in [-0.39, 0.29) is 11.6 Å². The number of hydrogen-bond donors (Lipinski definition) is 0. The van der Waals surface area contributed by atoms with Crippen LogP contribution in [0, 0.1) is 10.1 Å². The molecule has 1 heterocycles. The first kappa shape index (κ1) is 12.4. The monoisotopic (exact) mass is 265 g/mol. The van der Waals surface area contributed by atoms with Crippen LogP contribution in [0.15, 0.2) is 23.2 Å². The summed E-state index contributed by atoms with van der Waals surface area (Å²) >= 11 is 1.35. The van der Waals surface area contributed by atoms with E-state index >= 15 is 0 Å². The zero-order chi connectivity index (χ0) is 13.3. The Bertz CT molecular complexity index is 699. The second kappa shape index (κ2) is 4.69. The quantitative estimate of drug-likeness (QED) is 0.616. The fourth-order valence-corrected chi connectivity index (χ4v) is 2.81. The van der Waals surface area contributed by atoms with E-state index in [2.05, 4.69) is 4.99 Å². The Balaban J connectivity index is 2.78. The first-order valence-electron chi connectivity index (χ1n) is 5.36. The molecular weight excluding hydrogens is 254 g/mol. The number of fused-ring (bicyclic) bond motifs is 1. The third kappa shape index (κ3) is 2.17. The van der Waals surface area contributed by atoms with E-state index in [1.165, 1.54) is 30.4 Å². The lowest BCUT2D eigenvalue weighted by molar-refractivity contribution is -0.384. The van der Waals surface area contributed by atoms with Gasteiger partial charge in [-0.05, 0) is 13.0 Å². The van der Waals surface area contributed by atoms with Crippen LogP contribution in [-0.2, 0) is 11.3 Å². The van der Waals surface area contributed by atoms with Crippen LogP contribution in [0.2, 0.25) is 0 Å². The average Bonchev–Trinajstić information content (AvgIpc) is 2.63. The van der Waals surface area contributed by atoms with Gasteiger partial charge in [0.1, 0.15) is 0 Å². The molecule has 1 amide bonds. The highest BCUT2D eigenvalue weighted by Crippen LogP contribution is 2.22. The van der Waals surface area contributed by atoms with Gasteiger partial charge in [0.2, 0.25) is 5.91 Å². The predicted molar refractivity (Wildman–Crippen MR) is 68.4 cm³/mol. The number of benzene rings is 1. The fourth-order valence-electron chi connectivity index (χ4n) is 1.70. The van der Waals surface area contributed by atoms with Crippen LogP contribution in [0.4, 0.5) is 5.69 Å². The second-order valence-corrected chi connectivity index (χ2v) is 4.68.